The Labute approximate surface area is 265 Å². The van der Waals surface area contributed by atoms with Crippen LogP contribution in [0.4, 0.5) is 0 Å². The van der Waals surface area contributed by atoms with E-state index in [1.165, 1.54) is 6.92 Å². The van der Waals surface area contributed by atoms with E-state index in [9.17, 15) is 4.79 Å². The number of fused-ring (bicyclic) bond motifs is 1. The van der Waals surface area contributed by atoms with Crippen molar-refractivity contribution in [1.82, 2.24) is 0 Å². The van der Waals surface area contributed by atoms with Gasteiger partial charge in [-0.1, -0.05) is 0 Å². The maximum atomic E-state index is 15.6. The summed E-state index contributed by atoms with van der Waals surface area (Å²) in [5, 5.41) is 0.960. The van der Waals surface area contributed by atoms with Gasteiger partial charge < -0.3 is 0 Å². The van der Waals surface area contributed by atoms with E-state index in [0.717, 1.165) is 21.5 Å². The number of hydrogen-bond acceptors (Lipinski definition) is 4. The van der Waals surface area contributed by atoms with Crippen LogP contribution in [-0.4, -0.2) is 27.8 Å². The molecule has 0 N–H and O–H groups in total. The molecule has 5 aromatic rings. The molecule has 1 saturated heterocycles. The Kier molecular flexibility index (Phi) is 6.82. The summed E-state index contributed by atoms with van der Waals surface area (Å²) >= 11 is 3.64. The second-order valence-corrected chi connectivity index (χ2v) is 16.2. The van der Waals surface area contributed by atoms with Crippen LogP contribution in [0.25, 0.3) is 5.76 Å². The zero-order valence-corrected chi connectivity index (χ0v) is 26.6. The van der Waals surface area contributed by atoms with E-state index in [-0.39, 0.29) is 16.9 Å². The predicted molar refractivity (Wildman–Crippen MR) is 181 cm³/mol. The summed E-state index contributed by atoms with van der Waals surface area (Å²) in [5.41, 5.74) is 0.389. The summed E-state index contributed by atoms with van der Waals surface area (Å²) in [5.74, 6) is 0.0571. The molecule has 5 aromatic carbocycles. The molecule has 1 fully saturated rings. The fraction of sp³-hybridized carbons (Fsp3) is 0.105. The Balaban J connectivity index is 1.76. The van der Waals surface area contributed by atoms with E-state index in [1.807, 2.05) is 152 Å². The second-order valence-electron chi connectivity index (χ2n) is 11.2. The summed E-state index contributed by atoms with van der Waals surface area (Å²) in [6, 6.07) is 48.9. The van der Waals surface area contributed by atoms with Gasteiger partial charge in [-0.25, -0.2) is 0 Å². The molecule has 4 nitrogen and oxygen atoms in total. The first-order valence-corrected chi connectivity index (χ1v) is 17.8. The van der Waals surface area contributed by atoms with Crippen molar-refractivity contribution in [3.63, 3.8) is 0 Å². The number of benzene rings is 5. The fourth-order valence-electron chi connectivity index (χ4n) is 7.16. The van der Waals surface area contributed by atoms with Gasteiger partial charge in [0, 0.05) is 0 Å². The molecule has 0 bridgehead atoms. The van der Waals surface area contributed by atoms with Crippen LogP contribution in [-0.2, 0) is 14.1 Å². The van der Waals surface area contributed by atoms with Gasteiger partial charge in [-0.15, -0.1) is 0 Å². The van der Waals surface area contributed by atoms with Crippen molar-refractivity contribution in [3.8, 4) is 0 Å². The summed E-state index contributed by atoms with van der Waals surface area (Å²) < 4.78 is 15.0. The van der Waals surface area contributed by atoms with Gasteiger partial charge in [0.15, 0.2) is 0 Å². The maximum absolute atomic E-state index is 15.6. The number of rotatable bonds is 8. The minimum atomic E-state index is -4.55. The molecule has 7 rings (SSSR count). The van der Waals surface area contributed by atoms with Crippen LogP contribution in [0.3, 0.4) is 0 Å². The van der Waals surface area contributed by atoms with Gasteiger partial charge in [-0.2, -0.15) is 0 Å². The molecule has 0 saturated carbocycles. The van der Waals surface area contributed by atoms with Crippen molar-refractivity contribution in [3.05, 3.63) is 168 Å². The molecule has 44 heavy (non-hydrogen) atoms. The van der Waals surface area contributed by atoms with E-state index in [1.54, 1.807) is 0 Å². The molecule has 2 heterocycles. The van der Waals surface area contributed by atoms with Gasteiger partial charge >= 0.3 is 266 Å². The van der Waals surface area contributed by atoms with Crippen LogP contribution in [0.2, 0.25) is 0 Å². The van der Waals surface area contributed by atoms with Crippen molar-refractivity contribution in [2.45, 2.75) is 17.9 Å². The van der Waals surface area contributed by atoms with Crippen LogP contribution in [0.1, 0.15) is 22.8 Å². The van der Waals surface area contributed by atoms with Gasteiger partial charge in [-0.3, -0.25) is 0 Å². The summed E-state index contributed by atoms with van der Waals surface area (Å²) in [4.78, 5) is 29.4. The Morgan fingerprint density at radius 2 is 1.05 bits per heavy atom. The monoisotopic (exact) mass is 660 g/mol. The molecule has 0 spiro atoms. The number of alkyl halides is 1. The van der Waals surface area contributed by atoms with E-state index < -0.39 is 17.8 Å². The van der Waals surface area contributed by atoms with Crippen LogP contribution in [0.15, 0.2) is 157 Å². The molecule has 2 unspecified atom stereocenters. The number of carbonyl (C=O) groups excluding carboxylic acids is 2. The van der Waals surface area contributed by atoms with Crippen molar-refractivity contribution >= 4 is 56.0 Å². The van der Waals surface area contributed by atoms with E-state index in [2.05, 4.69) is 15.9 Å². The summed E-state index contributed by atoms with van der Waals surface area (Å²) in [7, 11) is 0. The zero-order valence-electron chi connectivity index (χ0n) is 24.1. The molecule has 0 aliphatic carbocycles. The topological polar surface area (TPSA) is 52.6 Å². The molecule has 218 valence electrons. The van der Waals surface area contributed by atoms with Gasteiger partial charge in [0.25, 0.3) is 0 Å². The molecule has 2 atom stereocenters. The Hall–Kier alpha value is -4.15. The van der Waals surface area contributed by atoms with Crippen LogP contribution in [0.5, 0.6) is 0 Å². The molecule has 0 radical (unpaired) electrons. The second kappa shape index (κ2) is 10.5. The molecule has 2 aliphatic heterocycles. The molecular formula is C38H30BrO4P. The van der Waals surface area contributed by atoms with Crippen LogP contribution < -0.4 is 15.9 Å². The minimum absolute atomic E-state index is 0.166. The third-order valence-corrected chi connectivity index (χ3v) is 16.0. The first-order valence-electron chi connectivity index (χ1n) is 14.5. The average Bonchev–Trinajstić information content (AvgIpc) is 3.32. The van der Waals surface area contributed by atoms with E-state index >= 15 is 4.79 Å². The average molecular weight is 662 g/mol. The van der Waals surface area contributed by atoms with Crippen molar-refractivity contribution in [2.75, 3.05) is 5.33 Å². The molecule has 6 heteroatoms. The molecule has 2 aliphatic rings. The Bertz CT molecular complexity index is 1800. The van der Waals surface area contributed by atoms with E-state index in [0.29, 0.717) is 16.9 Å². The standard InChI is InChI=1S/C38H30BrO4P/c1-28(40)37(27-39)35-34(29-17-7-2-8-18-29)42-44(31-21-11-4-12-22-31,32-23-13-5-14-24-32,33-25-15-6-16-26-33)38(35,43-37)36(41)30-19-9-3-10-20-30/h2-26H,27H2,1H3. The van der Waals surface area contributed by atoms with Gasteiger partial charge in [0.2, 0.25) is 0 Å². The number of ketones is 2. The van der Waals surface area contributed by atoms with Gasteiger partial charge in [0.1, 0.15) is 0 Å². The molecular weight excluding hydrogens is 631 g/mol. The normalized spacial score (nSPS) is 23.7. The third kappa shape index (κ3) is 3.41. The van der Waals surface area contributed by atoms with Crippen molar-refractivity contribution in [2.24, 2.45) is 0 Å². The summed E-state index contributed by atoms with van der Waals surface area (Å²) in [6.07, 6.45) is 0. The van der Waals surface area contributed by atoms with Crippen molar-refractivity contribution < 1.29 is 18.8 Å². The summed E-state index contributed by atoms with van der Waals surface area (Å²) in [6.45, 7) is -3.03. The van der Waals surface area contributed by atoms with Crippen molar-refractivity contribution in [1.29, 1.82) is 0 Å². The number of hydrogen-bond donors (Lipinski definition) is 0. The van der Waals surface area contributed by atoms with Gasteiger partial charge in [0.05, 0.1) is 0 Å². The first kappa shape index (κ1) is 28.6. The SMILES string of the molecule is CC(=O)C1(CBr)OC2(C(=O)c3ccccc3)C1=C(c1ccccc1)OP2(c1ccccc1)(c1ccccc1)c1ccccc1. The zero-order chi connectivity index (χ0) is 30.4. The molecule has 0 aromatic heterocycles. The number of carbonyl (C=O) groups is 2. The number of Topliss-reactive ketones (excluding diaryl/α,β-unsaturated/α-hetero) is 2. The van der Waals surface area contributed by atoms with Crippen LogP contribution >= 0.6 is 22.8 Å². The fourth-order valence-corrected chi connectivity index (χ4v) is 14.7. The number of ether oxygens (including phenoxy) is 1. The van der Waals surface area contributed by atoms with E-state index in [4.69, 9.17) is 9.26 Å². The molecule has 0 amide bonds. The van der Waals surface area contributed by atoms with Crippen LogP contribution in [0, 0.1) is 0 Å². The predicted octanol–water partition coefficient (Wildman–Crippen LogP) is 7.20. The number of halogens is 1. The third-order valence-electron chi connectivity index (χ3n) is 9.05. The van der Waals surface area contributed by atoms with Gasteiger partial charge in [-0.05, 0) is 0 Å². The Morgan fingerprint density at radius 1 is 0.636 bits per heavy atom. The quantitative estimate of drug-likeness (QED) is 0.100. The first-order chi connectivity index (χ1) is 21.5. The Morgan fingerprint density at radius 3 is 1.45 bits per heavy atom.